The zero-order valence-corrected chi connectivity index (χ0v) is 9.24. The van der Waals surface area contributed by atoms with Crippen LogP contribution < -0.4 is 4.72 Å². The van der Waals surface area contributed by atoms with E-state index in [1.165, 1.54) is 4.72 Å². The Morgan fingerprint density at radius 2 is 1.60 bits per heavy atom. The highest BCUT2D eigenvalue weighted by Crippen LogP contribution is 2.22. The van der Waals surface area contributed by atoms with Gasteiger partial charge < -0.3 is 5.11 Å². The quantitative estimate of drug-likeness (QED) is 0.763. The van der Waals surface area contributed by atoms with Crippen molar-refractivity contribution in [3.05, 3.63) is 0 Å². The summed E-state index contributed by atoms with van der Waals surface area (Å²) in [6.07, 6.45) is 0.341. The molecule has 0 aromatic heterocycles. The Morgan fingerprint density at radius 3 is 1.87 bits per heavy atom. The number of nitrogens with one attached hydrogen (secondary N) is 1. The molecule has 0 amide bonds. The van der Waals surface area contributed by atoms with Crippen LogP contribution in [0.4, 0.5) is 13.2 Å². The van der Waals surface area contributed by atoms with E-state index in [0.717, 1.165) is 0 Å². The molecule has 0 fully saturated rings. The fourth-order valence-electron chi connectivity index (χ4n) is 0.811. The van der Waals surface area contributed by atoms with Crippen LogP contribution in [0.2, 0.25) is 0 Å². The van der Waals surface area contributed by atoms with Crippen LogP contribution in [-0.2, 0) is 10.0 Å². The Hall–Kier alpha value is -0.340. The first-order valence-electron chi connectivity index (χ1n) is 4.36. The van der Waals surface area contributed by atoms with E-state index in [-0.39, 0.29) is 12.8 Å². The molecular weight excluding hydrogens is 235 g/mol. The predicted octanol–water partition coefficient (Wildman–Crippen LogP) is 0.977. The van der Waals surface area contributed by atoms with E-state index in [0.29, 0.717) is 0 Å². The summed E-state index contributed by atoms with van der Waals surface area (Å²) in [6, 6.07) is 0. The molecule has 0 saturated heterocycles. The molecule has 0 rings (SSSR count). The maximum Gasteiger partial charge on any atom is 0.511 e. The molecule has 0 bridgehead atoms. The highest BCUT2D eigenvalue weighted by atomic mass is 32.2. The van der Waals surface area contributed by atoms with E-state index in [1.54, 1.807) is 13.8 Å². The summed E-state index contributed by atoms with van der Waals surface area (Å²) in [5.41, 5.74) is -6.77. The van der Waals surface area contributed by atoms with Gasteiger partial charge in [-0.1, -0.05) is 13.8 Å². The van der Waals surface area contributed by atoms with E-state index in [1.807, 2.05) is 0 Å². The van der Waals surface area contributed by atoms with Crippen LogP contribution in [0.15, 0.2) is 0 Å². The summed E-state index contributed by atoms with van der Waals surface area (Å²) in [5, 5.41) is 9.56. The van der Waals surface area contributed by atoms with Crippen molar-refractivity contribution in [1.82, 2.24) is 4.72 Å². The topological polar surface area (TPSA) is 66.4 Å². The first kappa shape index (κ1) is 14.7. The first-order valence-corrected chi connectivity index (χ1v) is 5.84. The lowest BCUT2D eigenvalue weighted by Gasteiger charge is -2.25. The van der Waals surface area contributed by atoms with Gasteiger partial charge in [-0.05, 0) is 12.8 Å². The molecule has 0 radical (unpaired) electrons. The molecule has 0 saturated carbocycles. The zero-order chi connectivity index (χ0) is 12.3. The lowest BCUT2D eigenvalue weighted by Crippen LogP contribution is -2.46. The first-order chi connectivity index (χ1) is 6.58. The molecule has 0 spiro atoms. The average molecular weight is 249 g/mol. The van der Waals surface area contributed by atoms with Gasteiger partial charge in [0.15, 0.2) is 0 Å². The number of hydrogen-bond donors (Lipinski definition) is 2. The van der Waals surface area contributed by atoms with Crippen LogP contribution in [0, 0.1) is 0 Å². The number of hydrogen-bond acceptors (Lipinski definition) is 3. The molecule has 0 atom stereocenters. The molecule has 8 heteroatoms. The third-order valence-electron chi connectivity index (χ3n) is 2.21. The van der Waals surface area contributed by atoms with Crippen molar-refractivity contribution in [3.63, 3.8) is 0 Å². The molecule has 0 aromatic rings. The minimum Gasteiger partial charge on any atom is -0.389 e. The Labute approximate surface area is 86.5 Å². The lowest BCUT2D eigenvalue weighted by molar-refractivity contribution is -0.0457. The van der Waals surface area contributed by atoms with Gasteiger partial charge in [-0.2, -0.15) is 13.2 Å². The standard InChI is InChI=1S/C7H14F3NO3S/c1-3-6(12,4-2)5-11-15(13,14)7(8,9)10/h11-12H,3-5H2,1-2H3. The van der Waals surface area contributed by atoms with Crippen molar-refractivity contribution in [2.45, 2.75) is 37.8 Å². The van der Waals surface area contributed by atoms with Crippen LogP contribution in [0.1, 0.15) is 26.7 Å². The summed E-state index contributed by atoms with van der Waals surface area (Å²) in [6.45, 7) is 2.48. The van der Waals surface area contributed by atoms with Crippen LogP contribution >= 0.6 is 0 Å². The fraction of sp³-hybridized carbons (Fsp3) is 1.00. The molecule has 0 aliphatic rings. The number of aliphatic hydroxyl groups is 1. The van der Waals surface area contributed by atoms with Crippen LogP contribution in [-0.4, -0.2) is 31.2 Å². The monoisotopic (exact) mass is 249 g/mol. The molecule has 0 aliphatic carbocycles. The predicted molar refractivity (Wildman–Crippen MR) is 48.5 cm³/mol. The number of alkyl halides is 3. The van der Waals surface area contributed by atoms with Crippen LogP contribution in [0.25, 0.3) is 0 Å². The summed E-state index contributed by atoms with van der Waals surface area (Å²) in [5.74, 6) is 0. The van der Waals surface area contributed by atoms with Gasteiger partial charge in [0.1, 0.15) is 0 Å². The Kier molecular flexibility index (Phi) is 4.56. The molecule has 2 N–H and O–H groups in total. The smallest absolute Gasteiger partial charge is 0.389 e. The Bertz CT molecular complexity index is 295. The van der Waals surface area contributed by atoms with Gasteiger partial charge in [-0.3, -0.25) is 0 Å². The molecular formula is C7H14F3NO3S. The molecule has 15 heavy (non-hydrogen) atoms. The third-order valence-corrected chi connectivity index (χ3v) is 3.35. The maximum atomic E-state index is 11.9. The van der Waals surface area contributed by atoms with Gasteiger partial charge in [-0.15, -0.1) is 0 Å². The molecule has 0 aliphatic heterocycles. The van der Waals surface area contributed by atoms with Crippen molar-refractivity contribution in [3.8, 4) is 0 Å². The van der Waals surface area contributed by atoms with Crippen molar-refractivity contribution in [2.75, 3.05) is 6.54 Å². The molecule has 4 nitrogen and oxygen atoms in total. The molecule has 0 aromatic carbocycles. The highest BCUT2D eigenvalue weighted by molar-refractivity contribution is 7.90. The highest BCUT2D eigenvalue weighted by Gasteiger charge is 2.46. The van der Waals surface area contributed by atoms with E-state index < -0.39 is 27.7 Å². The summed E-state index contributed by atoms with van der Waals surface area (Å²) in [4.78, 5) is 0. The van der Waals surface area contributed by atoms with E-state index in [4.69, 9.17) is 0 Å². The van der Waals surface area contributed by atoms with Crippen molar-refractivity contribution in [2.24, 2.45) is 0 Å². The number of sulfonamides is 1. The molecule has 92 valence electrons. The van der Waals surface area contributed by atoms with Gasteiger partial charge >= 0.3 is 15.5 Å². The molecule has 0 heterocycles. The van der Waals surface area contributed by atoms with Gasteiger partial charge in [-0.25, -0.2) is 13.1 Å². The Morgan fingerprint density at radius 1 is 1.20 bits per heavy atom. The van der Waals surface area contributed by atoms with Crippen LogP contribution in [0.3, 0.4) is 0 Å². The maximum absolute atomic E-state index is 11.9. The second-order valence-electron chi connectivity index (χ2n) is 3.20. The number of halogens is 3. The van der Waals surface area contributed by atoms with Gasteiger partial charge in [0.2, 0.25) is 0 Å². The van der Waals surface area contributed by atoms with Gasteiger partial charge in [0.25, 0.3) is 0 Å². The van der Waals surface area contributed by atoms with Gasteiger partial charge in [0, 0.05) is 6.54 Å². The third kappa shape index (κ3) is 3.96. The lowest BCUT2D eigenvalue weighted by atomic mass is 9.98. The summed E-state index contributed by atoms with van der Waals surface area (Å²) >= 11 is 0. The van der Waals surface area contributed by atoms with E-state index in [9.17, 15) is 26.7 Å². The minimum atomic E-state index is -5.36. The van der Waals surface area contributed by atoms with Crippen LogP contribution in [0.5, 0.6) is 0 Å². The van der Waals surface area contributed by atoms with E-state index >= 15 is 0 Å². The van der Waals surface area contributed by atoms with Crippen molar-refractivity contribution < 1.29 is 26.7 Å². The van der Waals surface area contributed by atoms with Gasteiger partial charge in [0.05, 0.1) is 5.60 Å². The Balaban J connectivity index is 4.53. The minimum absolute atomic E-state index is 0.171. The van der Waals surface area contributed by atoms with Crippen molar-refractivity contribution >= 4 is 10.0 Å². The normalized spacial score (nSPS) is 14.3. The second kappa shape index (κ2) is 4.67. The van der Waals surface area contributed by atoms with E-state index in [2.05, 4.69) is 0 Å². The zero-order valence-electron chi connectivity index (χ0n) is 8.43. The largest absolute Gasteiger partial charge is 0.511 e. The fourth-order valence-corrected chi connectivity index (χ4v) is 1.43. The van der Waals surface area contributed by atoms with Crippen molar-refractivity contribution in [1.29, 1.82) is 0 Å². The number of rotatable bonds is 5. The average Bonchev–Trinajstić information content (AvgIpc) is 2.13. The SMILES string of the molecule is CCC(O)(CC)CNS(=O)(=O)C(F)(F)F. The summed E-state index contributed by atoms with van der Waals surface area (Å²) in [7, 11) is -5.36. The molecule has 0 unspecified atom stereocenters. The second-order valence-corrected chi connectivity index (χ2v) is 4.96. The summed E-state index contributed by atoms with van der Waals surface area (Å²) < 4.78 is 58.2.